The molecule has 2 heterocycles. The van der Waals surface area contributed by atoms with Gasteiger partial charge in [-0.3, -0.25) is 14.7 Å². The van der Waals surface area contributed by atoms with Crippen LogP contribution in [0.5, 0.6) is 17.2 Å². The number of ether oxygens (including phenoxy) is 4. The Kier molecular flexibility index (Phi) is 13.2. The number of esters is 2. The predicted molar refractivity (Wildman–Crippen MR) is 182 cm³/mol. The number of carbonyl (C=O) groups is 2. The molecule has 3 aromatic carbocycles. The maximum absolute atomic E-state index is 12.7. The summed E-state index contributed by atoms with van der Waals surface area (Å²) in [6, 6.07) is 8.46. The van der Waals surface area contributed by atoms with E-state index in [9.17, 15) is 37.7 Å². The highest BCUT2D eigenvalue weighted by atomic mass is 35.5. The molecule has 1 aliphatic heterocycles. The van der Waals surface area contributed by atoms with E-state index in [0.717, 1.165) is 55.4 Å². The summed E-state index contributed by atoms with van der Waals surface area (Å²) in [5, 5.41) is 15.8. The lowest BCUT2D eigenvalue weighted by Crippen LogP contribution is -2.26. The molecule has 274 valence electrons. The van der Waals surface area contributed by atoms with E-state index in [1.54, 1.807) is 10.6 Å². The van der Waals surface area contributed by atoms with Crippen molar-refractivity contribution in [3.05, 3.63) is 101 Å². The molecule has 0 radical (unpaired) electrons. The zero-order valence-electron chi connectivity index (χ0n) is 26.9. The van der Waals surface area contributed by atoms with Gasteiger partial charge >= 0.3 is 23.8 Å². The number of fused-ring (bicyclic) bond motifs is 1. The number of aromatic nitrogens is 3. The van der Waals surface area contributed by atoms with Crippen molar-refractivity contribution in [1.82, 2.24) is 14.3 Å². The quantitative estimate of drug-likeness (QED) is 0.0685. The molecule has 52 heavy (non-hydrogen) atoms. The molecule has 0 fully saturated rings. The summed E-state index contributed by atoms with van der Waals surface area (Å²) in [5.41, 5.74) is -1.93. The summed E-state index contributed by atoms with van der Waals surface area (Å²) in [4.78, 5) is 46.2. The Morgan fingerprint density at radius 3 is 2.38 bits per heavy atom. The summed E-state index contributed by atoms with van der Waals surface area (Å²) in [6.45, 7) is 1.58. The van der Waals surface area contributed by atoms with Crippen molar-refractivity contribution in [1.29, 1.82) is 0 Å². The fourth-order valence-electron chi connectivity index (χ4n) is 4.66. The maximum Gasteiger partial charge on any atom is 0.416 e. The number of carbonyl (C=O) groups excluding carboxylic acids is 2. The third-order valence-electron chi connectivity index (χ3n) is 7.01. The van der Waals surface area contributed by atoms with Crippen molar-refractivity contribution >= 4 is 52.4 Å². The molecule has 4 aromatic rings. The maximum atomic E-state index is 12.7. The molecular formula is C33H26Cl3F3N4O9. The molecule has 0 saturated carbocycles. The van der Waals surface area contributed by atoms with Gasteiger partial charge in [-0.1, -0.05) is 40.7 Å². The summed E-state index contributed by atoms with van der Waals surface area (Å²) in [5.74, 6) is 1.15. The van der Waals surface area contributed by atoms with Crippen LogP contribution in [0, 0.1) is 22.5 Å². The van der Waals surface area contributed by atoms with E-state index in [2.05, 4.69) is 15.8 Å². The fourth-order valence-corrected chi connectivity index (χ4v) is 5.40. The molecule has 0 spiro atoms. The lowest BCUT2D eigenvalue weighted by molar-refractivity contribution is -0.385. The van der Waals surface area contributed by atoms with E-state index in [-0.39, 0.29) is 35.4 Å². The second kappa shape index (κ2) is 17.3. The number of aryl methyl sites for hydroxylation is 1. The van der Waals surface area contributed by atoms with Gasteiger partial charge in [0.1, 0.15) is 35.2 Å². The third kappa shape index (κ3) is 9.75. The first-order chi connectivity index (χ1) is 24.6. The van der Waals surface area contributed by atoms with E-state index in [4.69, 9.17) is 55.4 Å². The number of rotatable bonds is 10. The van der Waals surface area contributed by atoms with Crippen LogP contribution in [0.4, 0.5) is 18.9 Å². The van der Waals surface area contributed by atoms with Crippen LogP contribution in [0.1, 0.15) is 41.5 Å². The number of terminal acetylenes is 1. The van der Waals surface area contributed by atoms with E-state index < -0.39 is 46.5 Å². The largest absolute Gasteiger partial charge is 0.479 e. The zero-order valence-corrected chi connectivity index (χ0v) is 29.1. The SMILES string of the molecule is C#CCOc1cc(-n2nc3n(c2=O)CCCC3)c(Cl)cc1Cl.CCOC(=O)COC(=O)c1cc(Oc2ccc(C(F)(F)F)cc2Cl)ccc1[N+](=O)[O-]. The Balaban J connectivity index is 0.000000243. The topological polar surface area (TPSA) is 154 Å². The van der Waals surface area contributed by atoms with E-state index in [0.29, 0.717) is 34.1 Å². The van der Waals surface area contributed by atoms with E-state index in [1.807, 2.05) is 0 Å². The van der Waals surface area contributed by atoms with Gasteiger partial charge in [0.05, 0.1) is 37.8 Å². The zero-order chi connectivity index (χ0) is 38.2. The van der Waals surface area contributed by atoms with Gasteiger partial charge in [0.15, 0.2) is 6.61 Å². The average Bonchev–Trinajstić information content (AvgIpc) is 3.43. The summed E-state index contributed by atoms with van der Waals surface area (Å²) in [6.07, 6.45) is 3.37. The second-order valence-corrected chi connectivity index (χ2v) is 11.7. The predicted octanol–water partition coefficient (Wildman–Crippen LogP) is 7.47. The van der Waals surface area contributed by atoms with Gasteiger partial charge in [-0.2, -0.15) is 17.9 Å². The highest BCUT2D eigenvalue weighted by Crippen LogP contribution is 2.37. The van der Waals surface area contributed by atoms with Gasteiger partial charge in [0.25, 0.3) is 5.69 Å². The van der Waals surface area contributed by atoms with Gasteiger partial charge < -0.3 is 18.9 Å². The van der Waals surface area contributed by atoms with Crippen molar-refractivity contribution in [3.63, 3.8) is 0 Å². The number of benzene rings is 3. The monoisotopic (exact) mass is 784 g/mol. The van der Waals surface area contributed by atoms with Crippen LogP contribution < -0.4 is 15.2 Å². The van der Waals surface area contributed by atoms with Crippen LogP contribution >= 0.6 is 34.8 Å². The number of nitro benzene ring substituents is 1. The Labute approximate surface area is 307 Å². The molecule has 19 heteroatoms. The van der Waals surface area contributed by atoms with Crippen LogP contribution in [0.25, 0.3) is 5.69 Å². The molecule has 0 N–H and O–H groups in total. The third-order valence-corrected chi connectivity index (χ3v) is 7.90. The Morgan fingerprint density at radius 1 is 1.02 bits per heavy atom. The fraction of sp³-hybridized carbons (Fsp3) is 0.273. The number of alkyl halides is 3. The van der Waals surface area contributed by atoms with Crippen molar-refractivity contribution in [2.24, 2.45) is 0 Å². The van der Waals surface area contributed by atoms with Gasteiger partial charge in [-0.15, -0.1) is 11.5 Å². The van der Waals surface area contributed by atoms with E-state index >= 15 is 0 Å². The van der Waals surface area contributed by atoms with Crippen molar-refractivity contribution < 1.29 is 46.6 Å². The second-order valence-electron chi connectivity index (χ2n) is 10.5. The minimum atomic E-state index is -4.61. The molecular weight excluding hydrogens is 760 g/mol. The molecule has 13 nitrogen and oxygen atoms in total. The van der Waals surface area contributed by atoms with E-state index in [1.165, 1.54) is 17.7 Å². The Morgan fingerprint density at radius 2 is 1.75 bits per heavy atom. The molecule has 1 aromatic heterocycles. The normalized spacial score (nSPS) is 12.0. The first-order valence-electron chi connectivity index (χ1n) is 15.0. The number of nitro groups is 1. The standard InChI is InChI=1S/C18H13ClF3NO7.C15H13Cl2N3O2/c1-2-28-16(24)9-29-17(25)12-8-11(4-5-14(12)23(26)27)30-15-6-3-10(7-13(15)19)18(20,21)22;1-2-7-22-13-9-12(10(16)8-11(13)17)20-15(21)19-6-4-3-5-14(19)18-20/h3-8H,2,9H2,1H3;1,8-9H,3-7H2. The molecule has 1 aliphatic rings. The molecule has 0 unspecified atom stereocenters. The van der Waals surface area contributed by atoms with Crippen LogP contribution in [-0.2, 0) is 33.4 Å². The first kappa shape index (κ1) is 39.5. The minimum Gasteiger partial charge on any atom is -0.479 e. The summed E-state index contributed by atoms with van der Waals surface area (Å²) >= 11 is 18.1. The van der Waals surface area contributed by atoms with Crippen molar-refractivity contribution in [3.8, 4) is 35.3 Å². The van der Waals surface area contributed by atoms with Gasteiger partial charge in [-0.05, 0) is 50.1 Å². The van der Waals surface area contributed by atoms with Crippen molar-refractivity contribution in [2.75, 3.05) is 19.8 Å². The average molecular weight is 786 g/mol. The Hall–Kier alpha value is -5.24. The van der Waals surface area contributed by atoms with Crippen LogP contribution in [0.15, 0.2) is 53.3 Å². The number of halogens is 6. The minimum absolute atomic E-state index is 0.0493. The molecule has 0 amide bonds. The van der Waals surface area contributed by atoms with Crippen LogP contribution in [0.3, 0.4) is 0 Å². The highest BCUT2D eigenvalue weighted by molar-refractivity contribution is 6.36. The van der Waals surface area contributed by atoms with Gasteiger partial charge in [0, 0.05) is 31.2 Å². The first-order valence-corrected chi connectivity index (χ1v) is 16.2. The number of nitrogens with zero attached hydrogens (tertiary/aromatic N) is 4. The Bertz CT molecular complexity index is 2100. The van der Waals surface area contributed by atoms with Gasteiger partial charge in [0.2, 0.25) is 0 Å². The lowest BCUT2D eigenvalue weighted by atomic mass is 10.1. The lowest BCUT2D eigenvalue weighted by Gasteiger charge is -2.12. The molecule has 0 atom stereocenters. The summed E-state index contributed by atoms with van der Waals surface area (Å²) < 4.78 is 61.1. The van der Waals surface area contributed by atoms with Crippen LogP contribution in [-0.4, -0.2) is 51.0 Å². The van der Waals surface area contributed by atoms with Gasteiger partial charge in [-0.25, -0.2) is 14.4 Å². The molecule has 0 saturated heterocycles. The number of hydrogen-bond donors (Lipinski definition) is 0. The molecule has 0 aliphatic carbocycles. The molecule has 5 rings (SSSR count). The summed E-state index contributed by atoms with van der Waals surface area (Å²) in [7, 11) is 0. The molecule has 0 bridgehead atoms. The number of hydrogen-bond acceptors (Lipinski definition) is 10. The van der Waals surface area contributed by atoms with Crippen molar-refractivity contribution in [2.45, 2.75) is 38.9 Å². The smallest absolute Gasteiger partial charge is 0.416 e. The highest BCUT2D eigenvalue weighted by Gasteiger charge is 2.31. The van der Waals surface area contributed by atoms with Crippen LogP contribution in [0.2, 0.25) is 15.1 Å².